The van der Waals surface area contributed by atoms with Crippen molar-refractivity contribution >= 4 is 7.82 Å². The third-order valence-corrected chi connectivity index (χ3v) is 0. The standard InChI is InChI=1S/5H3N.H3O4P.2H2O/c;;;;;1-5(2,3)4;;/h5*1H3;(H3,1,2,3,4);2*1H2. The van der Waals surface area contributed by atoms with Crippen molar-refractivity contribution in [2.24, 2.45) is 0 Å². The van der Waals surface area contributed by atoms with E-state index >= 15 is 0 Å². The maximum absolute atomic E-state index is 8.55. The number of hydrogen-bond donors (Lipinski definition) is 5. The van der Waals surface area contributed by atoms with Gasteiger partial charge < -0.3 is 61.0 Å². The first kappa shape index (κ1) is 94.6. The molecule has 0 aliphatic carbocycles. The van der Waals surface area contributed by atoms with Crippen LogP contribution in [0.1, 0.15) is 0 Å². The molecule has 0 aliphatic rings. The minimum Gasteiger partial charge on any atom is -0.870 e. The molecule has 0 saturated heterocycles. The Morgan fingerprint density at radius 2 is 0.667 bits per heavy atom. The fourth-order valence-corrected chi connectivity index (χ4v) is 0. The molecule has 12 heteroatoms. The third kappa shape index (κ3) is 26500. The van der Waals surface area contributed by atoms with Crippen molar-refractivity contribution in [2.75, 3.05) is 0 Å². The van der Waals surface area contributed by atoms with Crippen LogP contribution in [-0.2, 0) is 4.57 Å². The van der Waals surface area contributed by atoms with Crippen LogP contribution in [0.3, 0.4) is 0 Å². The maximum atomic E-state index is 8.55. The summed E-state index contributed by atoms with van der Waals surface area (Å²) in [5.74, 6) is 0. The summed E-state index contributed by atoms with van der Waals surface area (Å²) in [6.45, 7) is 0. The Kier molecular flexibility index (Phi) is 243. The summed E-state index contributed by atoms with van der Waals surface area (Å²) in [6.07, 6.45) is 0. The Bertz CT molecular complexity index is 62.1. The van der Waals surface area contributed by atoms with Crippen LogP contribution in [0.25, 0.3) is 0 Å². The van der Waals surface area contributed by atoms with E-state index in [1.807, 2.05) is 0 Å². The average molecular weight is 219 g/mol. The van der Waals surface area contributed by atoms with Gasteiger partial charge in [0.05, 0.1) is 0 Å². The van der Waals surface area contributed by atoms with E-state index in [9.17, 15) is 0 Å². The van der Waals surface area contributed by atoms with Crippen LogP contribution in [0.2, 0.25) is 0 Å². The lowest BCUT2D eigenvalue weighted by molar-refractivity contribution is -0.432. The van der Waals surface area contributed by atoms with Crippen LogP contribution in [0.5, 0.6) is 0 Å². The van der Waals surface area contributed by atoms with Gasteiger partial charge in [0, 0.05) is 0 Å². The summed E-state index contributed by atoms with van der Waals surface area (Å²) < 4.78 is 8.55. The van der Waals surface area contributed by atoms with E-state index in [-0.39, 0.29) is 41.7 Å². The molecule has 0 bridgehead atoms. The van der Waals surface area contributed by atoms with Crippen molar-refractivity contribution < 1.29 is 30.2 Å². The molecule has 22 N–H and O–H groups in total. The molecule has 0 amide bonds. The summed E-state index contributed by atoms with van der Waals surface area (Å²) in [5.41, 5.74) is 0. The summed E-state index contributed by atoms with van der Waals surface area (Å²) >= 11 is 0. The quantitative estimate of drug-likeness (QED) is 0.307. The molecular weight excluding hydrogens is 197 g/mol. The topological polar surface area (TPSA) is 329 Å². The zero-order valence-electron chi connectivity index (χ0n) is 7.97. The predicted octanol–water partition coefficient (Wildman–Crippen LogP) is -1.30. The smallest absolute Gasteiger partial charge is 0.159 e. The highest BCUT2D eigenvalue weighted by molar-refractivity contribution is 7.40. The van der Waals surface area contributed by atoms with E-state index in [4.69, 9.17) is 19.2 Å². The van der Waals surface area contributed by atoms with Crippen molar-refractivity contribution in [1.82, 2.24) is 30.8 Å². The van der Waals surface area contributed by atoms with Gasteiger partial charge in [-0.1, -0.05) is 0 Å². The highest BCUT2D eigenvalue weighted by Gasteiger charge is 1.44. The number of rotatable bonds is 0. The van der Waals surface area contributed by atoms with Crippen LogP contribution in [0, 0.1) is 0 Å². The molecule has 88 valence electrons. The second-order valence-corrected chi connectivity index (χ2v) is 1.34. The van der Waals surface area contributed by atoms with E-state index in [2.05, 4.69) is 0 Å². The molecule has 0 radical (unpaired) electrons. The Morgan fingerprint density at radius 1 is 0.667 bits per heavy atom. The van der Waals surface area contributed by atoms with Crippen molar-refractivity contribution in [1.29, 1.82) is 0 Å². The van der Waals surface area contributed by atoms with Gasteiger partial charge in [-0.2, -0.15) is 7.82 Å². The monoisotopic (exact) mass is 219 g/mol. The molecule has 0 aromatic carbocycles. The summed E-state index contributed by atoms with van der Waals surface area (Å²) in [7, 11) is -5.39. The first-order valence-electron chi connectivity index (χ1n) is 0.730. The fourth-order valence-electron chi connectivity index (χ4n) is 0. The summed E-state index contributed by atoms with van der Waals surface area (Å²) in [5, 5.41) is 0. The van der Waals surface area contributed by atoms with Gasteiger partial charge in [-0.3, -0.25) is 0 Å². The molecular formula is H22N5O6P. The Labute approximate surface area is 69.9 Å². The zero-order valence-corrected chi connectivity index (χ0v) is 8.87. The van der Waals surface area contributed by atoms with Gasteiger partial charge in [0.1, 0.15) is 0 Å². The van der Waals surface area contributed by atoms with Gasteiger partial charge in [-0.15, -0.1) is 0 Å². The highest BCUT2D eigenvalue weighted by Crippen LogP contribution is 2.03. The van der Waals surface area contributed by atoms with E-state index in [0.29, 0.717) is 0 Å². The average Bonchev–Trinajstić information content (AvgIpc) is 0.722. The molecule has 0 atom stereocenters. The molecule has 0 unspecified atom stereocenters. The van der Waals surface area contributed by atoms with E-state index in [0.717, 1.165) is 0 Å². The van der Waals surface area contributed by atoms with Gasteiger partial charge in [0.2, 0.25) is 0 Å². The van der Waals surface area contributed by atoms with Crippen LogP contribution in [0.15, 0.2) is 0 Å². The number of hydrogen-bond acceptors (Lipinski definition) is 6. The van der Waals surface area contributed by atoms with Crippen LogP contribution in [-0.4, -0.2) is 11.0 Å². The molecule has 0 saturated carbocycles. The van der Waals surface area contributed by atoms with Gasteiger partial charge in [0.15, 0.2) is 0 Å². The van der Waals surface area contributed by atoms with Crippen LogP contribution < -0.4 is 45.4 Å². The molecule has 0 aromatic rings. The Hall–Kier alpha value is -0.170. The third-order valence-electron chi connectivity index (χ3n) is 0. The first-order chi connectivity index (χ1) is 2.00. The van der Waals surface area contributed by atoms with E-state index < -0.39 is 7.82 Å². The summed E-state index contributed by atoms with van der Waals surface area (Å²) in [4.78, 5) is 25.6. The molecule has 11 nitrogen and oxygen atoms in total. The SMILES string of the molecule is O=P([O-])([O-])[O-].[NH4+].[NH4+].[NH4+].[NH4+].[NH4+].[OH-].[OH-]. The van der Waals surface area contributed by atoms with Gasteiger partial charge >= 0.3 is 0 Å². The molecule has 0 rings (SSSR count). The molecule has 0 aliphatic heterocycles. The fraction of sp³-hybridized carbons (Fsp3) is 0. The summed E-state index contributed by atoms with van der Waals surface area (Å²) in [6, 6.07) is 0. The second-order valence-electron chi connectivity index (χ2n) is 0.447. The van der Waals surface area contributed by atoms with E-state index in [1.165, 1.54) is 0 Å². The normalized spacial score (nSPS) is 4.92. The molecule has 0 aromatic heterocycles. The lowest BCUT2D eigenvalue weighted by Crippen LogP contribution is -2.24. The Morgan fingerprint density at radius 3 is 0.667 bits per heavy atom. The van der Waals surface area contributed by atoms with Crippen LogP contribution in [0.4, 0.5) is 0 Å². The zero-order chi connectivity index (χ0) is 4.50. The first-order valence-corrected chi connectivity index (χ1v) is 2.19. The van der Waals surface area contributed by atoms with Gasteiger partial charge in [-0.05, 0) is 0 Å². The van der Waals surface area contributed by atoms with Crippen molar-refractivity contribution in [3.63, 3.8) is 0 Å². The molecule has 0 heterocycles. The van der Waals surface area contributed by atoms with Crippen LogP contribution >= 0.6 is 7.82 Å². The predicted molar refractivity (Wildman–Crippen MR) is 41.4 cm³/mol. The molecule has 0 fully saturated rings. The van der Waals surface area contributed by atoms with Gasteiger partial charge in [-0.25, -0.2) is 0 Å². The minimum atomic E-state index is -5.39. The Balaban J connectivity index is -0.00000000381. The molecule has 12 heavy (non-hydrogen) atoms. The number of phosphoric acid groups is 1. The van der Waals surface area contributed by atoms with Crippen molar-refractivity contribution in [2.45, 2.75) is 0 Å². The van der Waals surface area contributed by atoms with Crippen molar-refractivity contribution in [3.8, 4) is 0 Å². The van der Waals surface area contributed by atoms with Gasteiger partial charge in [0.25, 0.3) is 0 Å². The minimum absolute atomic E-state index is 0. The van der Waals surface area contributed by atoms with Crippen molar-refractivity contribution in [3.05, 3.63) is 0 Å². The largest absolute Gasteiger partial charge is 0.870 e. The highest BCUT2D eigenvalue weighted by atomic mass is 31.2. The lowest BCUT2D eigenvalue weighted by atomic mass is 14.0. The molecule has 0 spiro atoms. The number of quaternary nitrogens is 5. The lowest BCUT2D eigenvalue weighted by Gasteiger charge is -2.36. The maximum Gasteiger partial charge on any atom is -0.159 e. The van der Waals surface area contributed by atoms with E-state index in [1.54, 1.807) is 0 Å². The second kappa shape index (κ2) is 30.8.